The van der Waals surface area contributed by atoms with Gasteiger partial charge in [0.15, 0.2) is 5.96 Å². The van der Waals surface area contributed by atoms with Crippen LogP contribution in [0.2, 0.25) is 0 Å². The topological polar surface area (TPSA) is 59.6 Å². The first-order valence-electron chi connectivity index (χ1n) is 6.57. The van der Waals surface area contributed by atoms with Crippen molar-refractivity contribution in [2.45, 2.75) is 13.2 Å². The quantitative estimate of drug-likeness (QED) is 0.656. The highest BCUT2D eigenvalue weighted by molar-refractivity contribution is 5.92. The summed E-state index contributed by atoms with van der Waals surface area (Å²) in [7, 11) is 1.64. The van der Waals surface area contributed by atoms with Gasteiger partial charge < -0.3 is 15.8 Å². The fourth-order valence-electron chi connectivity index (χ4n) is 1.91. The van der Waals surface area contributed by atoms with Crippen molar-refractivity contribution in [1.82, 2.24) is 0 Å². The molecule has 0 amide bonds. The van der Waals surface area contributed by atoms with Crippen molar-refractivity contribution in [2.24, 2.45) is 10.7 Å². The molecular weight excluding hydrogens is 269 g/mol. The van der Waals surface area contributed by atoms with E-state index in [0.717, 1.165) is 16.8 Å². The number of hydrogen-bond acceptors (Lipinski definition) is 2. The summed E-state index contributed by atoms with van der Waals surface area (Å²) in [5.74, 6) is 0.00230. The molecule has 2 aromatic carbocycles. The third-order valence-electron chi connectivity index (χ3n) is 2.90. The predicted octanol–water partition coefficient (Wildman–Crippen LogP) is 2.90. The molecule has 0 fully saturated rings. The average Bonchev–Trinajstić information content (AvgIpc) is 2.48. The lowest BCUT2D eigenvalue weighted by Crippen LogP contribution is -2.23. The molecule has 0 aliphatic carbocycles. The Hall–Kier alpha value is -2.40. The molecule has 0 unspecified atom stereocenters. The van der Waals surface area contributed by atoms with Gasteiger partial charge >= 0.3 is 0 Å². The molecule has 2 aromatic rings. The van der Waals surface area contributed by atoms with Crippen LogP contribution in [0.4, 0.5) is 10.1 Å². The third-order valence-corrected chi connectivity index (χ3v) is 2.90. The minimum atomic E-state index is -0.278. The molecule has 2 rings (SSSR count). The van der Waals surface area contributed by atoms with E-state index in [-0.39, 0.29) is 11.8 Å². The van der Waals surface area contributed by atoms with Crippen LogP contribution in [0.15, 0.2) is 53.5 Å². The third kappa shape index (κ3) is 4.57. The van der Waals surface area contributed by atoms with E-state index in [1.54, 1.807) is 19.2 Å². The summed E-state index contributed by atoms with van der Waals surface area (Å²) < 4.78 is 18.2. The molecule has 3 N–H and O–H groups in total. The summed E-state index contributed by atoms with van der Waals surface area (Å²) in [6.07, 6.45) is 0. The van der Waals surface area contributed by atoms with Crippen LogP contribution in [0.25, 0.3) is 0 Å². The van der Waals surface area contributed by atoms with E-state index < -0.39 is 0 Å². The summed E-state index contributed by atoms with van der Waals surface area (Å²) in [5, 5.41) is 3.03. The van der Waals surface area contributed by atoms with Crippen molar-refractivity contribution >= 4 is 11.6 Å². The van der Waals surface area contributed by atoms with Crippen LogP contribution in [0, 0.1) is 5.82 Å². The molecule has 0 aliphatic rings. The second-order valence-electron chi connectivity index (χ2n) is 4.55. The maximum atomic E-state index is 13.1. The molecule has 4 nitrogen and oxygen atoms in total. The lowest BCUT2D eigenvalue weighted by molar-refractivity contribution is 0.185. The molecule has 5 heteroatoms. The summed E-state index contributed by atoms with van der Waals surface area (Å²) >= 11 is 0. The highest BCUT2D eigenvalue weighted by atomic mass is 19.1. The normalized spacial score (nSPS) is 11.4. The number of aliphatic imine (C=N–C) groups is 1. The Balaban J connectivity index is 2.04. The number of hydrogen-bond donors (Lipinski definition) is 2. The number of benzene rings is 2. The van der Waals surface area contributed by atoms with Crippen LogP contribution in [-0.2, 0) is 17.9 Å². The molecule has 0 spiro atoms. The maximum Gasteiger partial charge on any atom is 0.193 e. The number of guanidine groups is 1. The van der Waals surface area contributed by atoms with Gasteiger partial charge in [0.25, 0.3) is 0 Å². The molecule has 0 radical (unpaired) electrons. The Kier molecular flexibility index (Phi) is 5.29. The number of para-hydroxylation sites is 1. The second-order valence-corrected chi connectivity index (χ2v) is 4.55. The summed E-state index contributed by atoms with van der Waals surface area (Å²) in [6, 6.07) is 14.0. The Bertz CT molecular complexity index is 628. The zero-order chi connectivity index (χ0) is 15.1. The first kappa shape index (κ1) is 15.0. The van der Waals surface area contributed by atoms with Crippen LogP contribution in [0.3, 0.4) is 0 Å². The Morgan fingerprint density at radius 2 is 2.05 bits per heavy atom. The molecule has 0 aliphatic heterocycles. The van der Waals surface area contributed by atoms with E-state index in [4.69, 9.17) is 10.5 Å². The number of ether oxygens (including phenoxy) is 1. The van der Waals surface area contributed by atoms with Gasteiger partial charge in [-0.15, -0.1) is 0 Å². The monoisotopic (exact) mass is 287 g/mol. The number of anilines is 1. The zero-order valence-corrected chi connectivity index (χ0v) is 11.8. The standard InChI is InChI=1S/C16H18FN3O/c1-21-11-13-6-2-3-8-15(13)20-16(18)19-10-12-5-4-7-14(17)9-12/h2-9H,10-11H2,1H3,(H3,18,19,20). The number of methoxy groups -OCH3 is 1. The summed E-state index contributed by atoms with van der Waals surface area (Å²) in [6.45, 7) is 0.809. The number of nitrogens with zero attached hydrogens (tertiary/aromatic N) is 1. The van der Waals surface area contributed by atoms with E-state index >= 15 is 0 Å². The molecule has 0 bridgehead atoms. The highest BCUT2D eigenvalue weighted by Gasteiger charge is 2.02. The molecule has 0 heterocycles. The van der Waals surface area contributed by atoms with Crippen molar-refractivity contribution in [1.29, 1.82) is 0 Å². The minimum Gasteiger partial charge on any atom is -0.380 e. The predicted molar refractivity (Wildman–Crippen MR) is 82.5 cm³/mol. The molecule has 0 atom stereocenters. The second kappa shape index (κ2) is 7.40. The molecule has 0 saturated carbocycles. The van der Waals surface area contributed by atoms with Crippen molar-refractivity contribution in [2.75, 3.05) is 12.4 Å². The van der Waals surface area contributed by atoms with Crippen molar-refractivity contribution in [3.8, 4) is 0 Å². The first-order chi connectivity index (χ1) is 10.2. The highest BCUT2D eigenvalue weighted by Crippen LogP contribution is 2.15. The lowest BCUT2D eigenvalue weighted by Gasteiger charge is -2.10. The Morgan fingerprint density at radius 3 is 2.81 bits per heavy atom. The summed E-state index contributed by atoms with van der Waals surface area (Å²) in [4.78, 5) is 4.21. The Morgan fingerprint density at radius 1 is 1.24 bits per heavy atom. The van der Waals surface area contributed by atoms with Gasteiger partial charge in [0.2, 0.25) is 0 Å². The van der Waals surface area contributed by atoms with Gasteiger partial charge in [-0.1, -0.05) is 30.3 Å². The Labute approximate surface area is 123 Å². The number of rotatable bonds is 5. The van der Waals surface area contributed by atoms with E-state index in [0.29, 0.717) is 13.2 Å². The van der Waals surface area contributed by atoms with Crippen LogP contribution in [0.5, 0.6) is 0 Å². The lowest BCUT2D eigenvalue weighted by atomic mass is 10.2. The van der Waals surface area contributed by atoms with Gasteiger partial charge in [-0.2, -0.15) is 0 Å². The largest absolute Gasteiger partial charge is 0.380 e. The average molecular weight is 287 g/mol. The van der Waals surface area contributed by atoms with E-state index in [1.807, 2.05) is 24.3 Å². The van der Waals surface area contributed by atoms with E-state index in [2.05, 4.69) is 10.3 Å². The van der Waals surface area contributed by atoms with Crippen molar-refractivity contribution < 1.29 is 9.13 Å². The van der Waals surface area contributed by atoms with Gasteiger partial charge in [0.05, 0.1) is 13.2 Å². The fraction of sp³-hybridized carbons (Fsp3) is 0.188. The minimum absolute atomic E-state index is 0.278. The van der Waals surface area contributed by atoms with Crippen LogP contribution >= 0.6 is 0 Å². The van der Waals surface area contributed by atoms with Crippen LogP contribution < -0.4 is 11.1 Å². The van der Waals surface area contributed by atoms with Crippen molar-refractivity contribution in [3.05, 3.63) is 65.5 Å². The molecular formula is C16H18FN3O. The number of nitrogens with one attached hydrogen (secondary N) is 1. The molecule has 0 saturated heterocycles. The van der Waals surface area contributed by atoms with Crippen molar-refractivity contribution in [3.63, 3.8) is 0 Å². The van der Waals surface area contributed by atoms with E-state index in [1.165, 1.54) is 12.1 Å². The molecule has 21 heavy (non-hydrogen) atoms. The fourth-order valence-corrected chi connectivity index (χ4v) is 1.91. The zero-order valence-electron chi connectivity index (χ0n) is 11.8. The maximum absolute atomic E-state index is 13.1. The number of nitrogens with two attached hydrogens (primary N) is 1. The van der Waals surface area contributed by atoms with Crippen LogP contribution in [0.1, 0.15) is 11.1 Å². The summed E-state index contributed by atoms with van der Waals surface area (Å²) in [5.41, 5.74) is 8.47. The van der Waals surface area contributed by atoms with Gasteiger partial charge in [0, 0.05) is 18.4 Å². The van der Waals surface area contributed by atoms with Gasteiger partial charge in [-0.05, 0) is 23.8 Å². The van der Waals surface area contributed by atoms with Gasteiger partial charge in [0.1, 0.15) is 5.82 Å². The SMILES string of the molecule is COCc1ccccc1NC(N)=NCc1cccc(F)c1. The number of halogens is 1. The molecule has 0 aromatic heterocycles. The first-order valence-corrected chi connectivity index (χ1v) is 6.57. The van der Waals surface area contributed by atoms with Gasteiger partial charge in [-0.3, -0.25) is 0 Å². The van der Waals surface area contributed by atoms with E-state index in [9.17, 15) is 4.39 Å². The molecule has 110 valence electrons. The van der Waals surface area contributed by atoms with Crippen LogP contribution in [-0.4, -0.2) is 13.1 Å². The smallest absolute Gasteiger partial charge is 0.193 e. The van der Waals surface area contributed by atoms with Gasteiger partial charge in [-0.25, -0.2) is 9.38 Å².